The van der Waals surface area contributed by atoms with E-state index in [0.717, 1.165) is 28.0 Å². The second-order valence-electron chi connectivity index (χ2n) is 5.75. The maximum absolute atomic E-state index is 6.40. The summed E-state index contributed by atoms with van der Waals surface area (Å²) >= 11 is 0. The molecule has 1 heterocycles. The first kappa shape index (κ1) is 17.4. The van der Waals surface area contributed by atoms with Crippen molar-refractivity contribution < 1.29 is 4.74 Å². The van der Waals surface area contributed by atoms with E-state index in [1.807, 2.05) is 66.7 Å². The Morgan fingerprint density at radius 1 is 0.962 bits per heavy atom. The van der Waals surface area contributed by atoms with Crippen molar-refractivity contribution in [3.8, 4) is 5.75 Å². The van der Waals surface area contributed by atoms with Crippen molar-refractivity contribution in [2.45, 2.75) is 6.61 Å². The number of pyridine rings is 1. The van der Waals surface area contributed by atoms with Crippen LogP contribution in [-0.4, -0.2) is 18.2 Å². The quantitative estimate of drug-likeness (QED) is 0.683. The van der Waals surface area contributed by atoms with Crippen molar-refractivity contribution in [3.05, 3.63) is 95.8 Å². The fraction of sp³-hybridized carbons (Fsp3) is 0.0909. The zero-order valence-corrected chi connectivity index (χ0v) is 14.7. The van der Waals surface area contributed by atoms with Crippen LogP contribution in [0.2, 0.25) is 0 Å². The molecule has 2 aromatic carbocycles. The predicted molar refractivity (Wildman–Crippen MR) is 107 cm³/mol. The largest absolute Gasteiger partial charge is 0.489 e. The summed E-state index contributed by atoms with van der Waals surface area (Å²) in [6, 6.07) is 21.7. The van der Waals surface area contributed by atoms with Crippen LogP contribution < -0.4 is 10.5 Å². The Bertz CT molecular complexity index is 886. The standard InChI is InChI=1S/C22H21N3O/c1-24-15-21(18-11-13-25-14-12-18)22(23)19-7-9-20(10-8-19)26-16-17-5-3-2-4-6-17/h2-15H,16,23H2,1H3/b22-21+,24-15?. The summed E-state index contributed by atoms with van der Waals surface area (Å²) in [6.45, 7) is 0.538. The molecule has 26 heavy (non-hydrogen) atoms. The lowest BCUT2D eigenvalue weighted by molar-refractivity contribution is 0.306. The van der Waals surface area contributed by atoms with Gasteiger partial charge in [0.2, 0.25) is 0 Å². The first-order chi connectivity index (χ1) is 12.8. The highest BCUT2D eigenvalue weighted by atomic mass is 16.5. The van der Waals surface area contributed by atoms with Gasteiger partial charge in [-0.15, -0.1) is 0 Å². The predicted octanol–water partition coefficient (Wildman–Crippen LogP) is 4.19. The van der Waals surface area contributed by atoms with E-state index in [-0.39, 0.29) is 0 Å². The van der Waals surface area contributed by atoms with E-state index in [2.05, 4.69) is 9.98 Å². The topological polar surface area (TPSA) is 60.5 Å². The molecular formula is C22H21N3O. The maximum Gasteiger partial charge on any atom is 0.119 e. The van der Waals surface area contributed by atoms with E-state index in [0.29, 0.717) is 12.3 Å². The fourth-order valence-electron chi connectivity index (χ4n) is 2.59. The number of rotatable bonds is 6. The van der Waals surface area contributed by atoms with Gasteiger partial charge in [0.1, 0.15) is 12.4 Å². The molecule has 0 radical (unpaired) electrons. The monoisotopic (exact) mass is 343 g/mol. The lowest BCUT2D eigenvalue weighted by atomic mass is 10.0. The molecule has 0 atom stereocenters. The van der Waals surface area contributed by atoms with Crippen LogP contribution >= 0.6 is 0 Å². The molecule has 4 nitrogen and oxygen atoms in total. The molecule has 0 amide bonds. The van der Waals surface area contributed by atoms with E-state index in [1.165, 1.54) is 0 Å². The molecule has 1 aromatic heterocycles. The van der Waals surface area contributed by atoms with Gasteiger partial charge in [-0.1, -0.05) is 30.3 Å². The van der Waals surface area contributed by atoms with Gasteiger partial charge in [-0.25, -0.2) is 0 Å². The molecule has 0 bridgehead atoms. The average molecular weight is 343 g/mol. The van der Waals surface area contributed by atoms with Crippen molar-refractivity contribution in [1.29, 1.82) is 0 Å². The molecule has 130 valence electrons. The van der Waals surface area contributed by atoms with E-state index >= 15 is 0 Å². The summed E-state index contributed by atoms with van der Waals surface area (Å²) in [5.41, 5.74) is 11.0. The van der Waals surface area contributed by atoms with E-state index < -0.39 is 0 Å². The second-order valence-corrected chi connectivity index (χ2v) is 5.75. The van der Waals surface area contributed by atoms with E-state index in [4.69, 9.17) is 10.5 Å². The van der Waals surface area contributed by atoms with Gasteiger partial charge >= 0.3 is 0 Å². The van der Waals surface area contributed by atoms with Crippen LogP contribution in [0.3, 0.4) is 0 Å². The minimum absolute atomic E-state index is 0.538. The molecule has 0 fully saturated rings. The van der Waals surface area contributed by atoms with Gasteiger partial charge in [-0.3, -0.25) is 9.98 Å². The van der Waals surface area contributed by atoms with Crippen LogP contribution in [0.25, 0.3) is 11.3 Å². The highest BCUT2D eigenvalue weighted by molar-refractivity contribution is 6.18. The number of nitrogens with zero attached hydrogens (tertiary/aromatic N) is 2. The molecule has 3 rings (SSSR count). The first-order valence-corrected chi connectivity index (χ1v) is 8.37. The van der Waals surface area contributed by atoms with Gasteiger partial charge in [-0.05, 0) is 53.1 Å². The Balaban J connectivity index is 1.80. The van der Waals surface area contributed by atoms with Crippen LogP contribution in [0, 0.1) is 0 Å². The molecule has 0 aliphatic carbocycles. The summed E-state index contributed by atoms with van der Waals surface area (Å²) in [4.78, 5) is 8.18. The Labute approximate surface area is 153 Å². The highest BCUT2D eigenvalue weighted by Crippen LogP contribution is 2.23. The van der Waals surface area contributed by atoms with Crippen LogP contribution in [0.5, 0.6) is 5.75 Å². The van der Waals surface area contributed by atoms with Gasteiger partial charge in [0, 0.05) is 36.9 Å². The van der Waals surface area contributed by atoms with Gasteiger partial charge in [0.25, 0.3) is 0 Å². The van der Waals surface area contributed by atoms with E-state index in [9.17, 15) is 0 Å². The van der Waals surface area contributed by atoms with Crippen LogP contribution in [0.4, 0.5) is 0 Å². The number of aromatic nitrogens is 1. The summed E-state index contributed by atoms with van der Waals surface area (Å²) in [6.07, 6.45) is 5.25. The molecule has 0 aliphatic rings. The lowest BCUT2D eigenvalue weighted by Crippen LogP contribution is -2.03. The fourth-order valence-corrected chi connectivity index (χ4v) is 2.59. The van der Waals surface area contributed by atoms with Crippen molar-refractivity contribution >= 4 is 17.5 Å². The first-order valence-electron chi connectivity index (χ1n) is 8.37. The lowest BCUT2D eigenvalue weighted by Gasteiger charge is -2.10. The Hall–Kier alpha value is -3.40. The molecule has 0 saturated heterocycles. The van der Waals surface area contributed by atoms with Crippen molar-refractivity contribution in [2.75, 3.05) is 7.05 Å². The number of ether oxygens (including phenoxy) is 1. The third-order valence-corrected chi connectivity index (χ3v) is 3.95. The van der Waals surface area contributed by atoms with Crippen LogP contribution in [0.1, 0.15) is 16.7 Å². The Kier molecular flexibility index (Phi) is 5.78. The Morgan fingerprint density at radius 3 is 2.31 bits per heavy atom. The normalized spacial score (nSPS) is 12.0. The minimum atomic E-state index is 0.538. The molecule has 0 aliphatic heterocycles. The van der Waals surface area contributed by atoms with Gasteiger partial charge in [0.15, 0.2) is 0 Å². The number of hydrogen-bond acceptors (Lipinski definition) is 4. The number of benzene rings is 2. The smallest absolute Gasteiger partial charge is 0.119 e. The zero-order chi connectivity index (χ0) is 18.2. The van der Waals surface area contributed by atoms with E-state index in [1.54, 1.807) is 25.7 Å². The number of aliphatic imine (C=N–C) groups is 1. The molecular weight excluding hydrogens is 322 g/mol. The summed E-state index contributed by atoms with van der Waals surface area (Å²) < 4.78 is 5.83. The summed E-state index contributed by atoms with van der Waals surface area (Å²) in [5, 5.41) is 0. The van der Waals surface area contributed by atoms with Crippen LogP contribution in [-0.2, 0) is 6.61 Å². The van der Waals surface area contributed by atoms with Crippen molar-refractivity contribution in [3.63, 3.8) is 0 Å². The van der Waals surface area contributed by atoms with Gasteiger partial charge < -0.3 is 10.5 Å². The van der Waals surface area contributed by atoms with Crippen molar-refractivity contribution in [1.82, 2.24) is 4.98 Å². The Morgan fingerprint density at radius 2 is 1.65 bits per heavy atom. The zero-order valence-electron chi connectivity index (χ0n) is 14.7. The molecule has 0 unspecified atom stereocenters. The second kappa shape index (κ2) is 8.62. The number of allylic oxidation sites excluding steroid dienone is 1. The van der Waals surface area contributed by atoms with Gasteiger partial charge in [-0.2, -0.15) is 0 Å². The third kappa shape index (κ3) is 4.36. The number of nitrogens with two attached hydrogens (primary N) is 1. The molecule has 0 saturated carbocycles. The SMILES string of the molecule is CN=C/C(=C(\N)c1ccc(OCc2ccccc2)cc1)c1ccncc1. The highest BCUT2D eigenvalue weighted by Gasteiger charge is 2.07. The van der Waals surface area contributed by atoms with Crippen molar-refractivity contribution in [2.24, 2.45) is 10.7 Å². The average Bonchev–Trinajstić information content (AvgIpc) is 2.72. The molecule has 2 N–H and O–H groups in total. The molecule has 4 heteroatoms. The third-order valence-electron chi connectivity index (χ3n) is 3.95. The summed E-state index contributed by atoms with van der Waals surface area (Å²) in [5.74, 6) is 0.806. The molecule has 0 spiro atoms. The maximum atomic E-state index is 6.40. The number of hydrogen-bond donors (Lipinski definition) is 1. The summed E-state index contributed by atoms with van der Waals surface area (Å²) in [7, 11) is 1.73. The van der Waals surface area contributed by atoms with Gasteiger partial charge in [0.05, 0.1) is 0 Å². The molecule has 3 aromatic rings. The van der Waals surface area contributed by atoms with Crippen LogP contribution in [0.15, 0.2) is 84.1 Å². The minimum Gasteiger partial charge on any atom is -0.489 e.